The van der Waals surface area contributed by atoms with Crippen LogP contribution < -0.4 is 4.90 Å². The maximum Gasteiger partial charge on any atom is 0.154 e. The van der Waals surface area contributed by atoms with Gasteiger partial charge in [0.05, 0.1) is 5.69 Å². The fourth-order valence-corrected chi connectivity index (χ4v) is 4.77. The van der Waals surface area contributed by atoms with Crippen molar-refractivity contribution in [1.29, 1.82) is 0 Å². The van der Waals surface area contributed by atoms with Crippen LogP contribution >= 0.6 is 0 Å². The Bertz CT molecular complexity index is 1050. The Labute approximate surface area is 176 Å². The van der Waals surface area contributed by atoms with Crippen molar-refractivity contribution >= 4 is 5.82 Å². The van der Waals surface area contributed by atoms with Crippen molar-refractivity contribution in [3.63, 3.8) is 0 Å². The molecule has 1 fully saturated rings. The summed E-state index contributed by atoms with van der Waals surface area (Å²) in [6.07, 6.45) is 6.95. The number of rotatable bonds is 3. The quantitative estimate of drug-likeness (QED) is 0.649. The van der Waals surface area contributed by atoms with Crippen LogP contribution in [0.5, 0.6) is 0 Å². The standard InChI is InChI=1S/C23H27FN6/c1-16-13-20(17-7-5-9-19(24)14-17)25-27-22(16)29-11-6-8-18(15-29)23-28-26-21-10-3-2-4-12-30(21)23/h5,7,9,13-14,18H,2-4,6,8,10-12,15H2,1H3. The van der Waals surface area contributed by atoms with Crippen molar-refractivity contribution in [2.45, 2.75) is 57.9 Å². The lowest BCUT2D eigenvalue weighted by Gasteiger charge is -2.33. The van der Waals surface area contributed by atoms with Crippen LogP contribution in [0.25, 0.3) is 11.3 Å². The Balaban J connectivity index is 1.38. The van der Waals surface area contributed by atoms with Gasteiger partial charge in [-0.2, -0.15) is 0 Å². The molecule has 7 heteroatoms. The predicted molar refractivity (Wildman–Crippen MR) is 114 cm³/mol. The number of aryl methyl sites for hydroxylation is 2. The molecule has 0 saturated carbocycles. The monoisotopic (exact) mass is 406 g/mol. The molecule has 0 aliphatic carbocycles. The second kappa shape index (κ2) is 8.13. The molecule has 0 spiro atoms. The Hall–Kier alpha value is -2.83. The number of hydrogen-bond acceptors (Lipinski definition) is 5. The minimum absolute atomic E-state index is 0.262. The minimum atomic E-state index is -0.262. The molecule has 30 heavy (non-hydrogen) atoms. The van der Waals surface area contributed by atoms with Crippen molar-refractivity contribution in [2.24, 2.45) is 0 Å². The highest BCUT2D eigenvalue weighted by Crippen LogP contribution is 2.31. The molecule has 0 amide bonds. The van der Waals surface area contributed by atoms with E-state index in [0.29, 0.717) is 11.6 Å². The highest BCUT2D eigenvalue weighted by molar-refractivity contribution is 5.62. The number of fused-ring (bicyclic) bond motifs is 1. The summed E-state index contributed by atoms with van der Waals surface area (Å²) >= 11 is 0. The second-order valence-electron chi connectivity index (χ2n) is 8.47. The first-order valence-corrected chi connectivity index (χ1v) is 11.0. The van der Waals surface area contributed by atoms with Crippen LogP contribution in [0.2, 0.25) is 0 Å². The number of benzene rings is 1. The largest absolute Gasteiger partial charge is 0.354 e. The molecule has 2 aliphatic rings. The molecule has 1 atom stereocenters. The molecule has 0 radical (unpaired) electrons. The smallest absolute Gasteiger partial charge is 0.154 e. The lowest BCUT2D eigenvalue weighted by molar-refractivity contribution is 0.462. The van der Waals surface area contributed by atoms with Gasteiger partial charge in [-0.25, -0.2) is 4.39 Å². The molecular weight excluding hydrogens is 379 g/mol. The van der Waals surface area contributed by atoms with E-state index in [2.05, 4.69) is 36.8 Å². The maximum atomic E-state index is 13.6. The fourth-order valence-electron chi connectivity index (χ4n) is 4.77. The number of anilines is 1. The molecule has 156 valence electrons. The molecule has 5 rings (SSSR count). The highest BCUT2D eigenvalue weighted by atomic mass is 19.1. The Kier molecular flexibility index (Phi) is 5.19. The third-order valence-corrected chi connectivity index (χ3v) is 6.30. The molecule has 0 bridgehead atoms. The van der Waals surface area contributed by atoms with Gasteiger partial charge in [-0.1, -0.05) is 18.6 Å². The van der Waals surface area contributed by atoms with E-state index in [9.17, 15) is 4.39 Å². The third kappa shape index (κ3) is 3.68. The second-order valence-corrected chi connectivity index (χ2v) is 8.47. The van der Waals surface area contributed by atoms with Gasteiger partial charge in [0.1, 0.15) is 17.5 Å². The molecule has 3 aromatic rings. The highest BCUT2D eigenvalue weighted by Gasteiger charge is 2.28. The molecule has 1 unspecified atom stereocenters. The lowest BCUT2D eigenvalue weighted by Crippen LogP contribution is -2.36. The van der Waals surface area contributed by atoms with Gasteiger partial charge in [0.15, 0.2) is 5.82 Å². The van der Waals surface area contributed by atoms with E-state index < -0.39 is 0 Å². The topological polar surface area (TPSA) is 59.7 Å². The van der Waals surface area contributed by atoms with Crippen molar-refractivity contribution < 1.29 is 4.39 Å². The Morgan fingerprint density at radius 3 is 2.77 bits per heavy atom. The van der Waals surface area contributed by atoms with Crippen molar-refractivity contribution in [2.75, 3.05) is 18.0 Å². The Morgan fingerprint density at radius 1 is 0.967 bits per heavy atom. The van der Waals surface area contributed by atoms with Gasteiger partial charge in [-0.15, -0.1) is 20.4 Å². The van der Waals surface area contributed by atoms with Crippen molar-refractivity contribution in [3.05, 3.63) is 53.4 Å². The zero-order valence-electron chi connectivity index (χ0n) is 17.4. The first-order chi connectivity index (χ1) is 14.7. The zero-order valence-corrected chi connectivity index (χ0v) is 17.4. The van der Waals surface area contributed by atoms with Crippen LogP contribution in [0.1, 0.15) is 55.2 Å². The first kappa shape index (κ1) is 19.2. The summed E-state index contributed by atoms with van der Waals surface area (Å²) in [6.45, 7) is 4.94. The average Bonchev–Trinajstić information content (AvgIpc) is 3.02. The van der Waals surface area contributed by atoms with Crippen LogP contribution in [0.4, 0.5) is 10.2 Å². The third-order valence-electron chi connectivity index (χ3n) is 6.30. The molecular formula is C23H27FN6. The SMILES string of the molecule is Cc1cc(-c2cccc(F)c2)nnc1N1CCCC(c2nnc3n2CCCCC3)C1. The Morgan fingerprint density at radius 2 is 1.90 bits per heavy atom. The zero-order chi connectivity index (χ0) is 20.5. The summed E-state index contributed by atoms with van der Waals surface area (Å²) in [4.78, 5) is 2.32. The lowest BCUT2D eigenvalue weighted by atomic mass is 9.96. The van der Waals surface area contributed by atoms with Crippen LogP contribution in [0.15, 0.2) is 30.3 Å². The minimum Gasteiger partial charge on any atom is -0.354 e. The van der Waals surface area contributed by atoms with Gasteiger partial charge in [0.25, 0.3) is 0 Å². The van der Waals surface area contributed by atoms with E-state index in [1.165, 1.54) is 31.4 Å². The van der Waals surface area contributed by atoms with Gasteiger partial charge in [-0.05, 0) is 56.4 Å². The van der Waals surface area contributed by atoms with Crippen LogP contribution in [-0.4, -0.2) is 38.1 Å². The molecule has 4 heterocycles. The molecule has 1 saturated heterocycles. The van der Waals surface area contributed by atoms with Crippen LogP contribution in [-0.2, 0) is 13.0 Å². The van der Waals surface area contributed by atoms with Crippen molar-refractivity contribution in [3.8, 4) is 11.3 Å². The summed E-state index contributed by atoms with van der Waals surface area (Å²) < 4.78 is 15.9. The molecule has 2 aliphatic heterocycles. The number of hydrogen-bond donors (Lipinski definition) is 0. The van der Waals surface area contributed by atoms with Gasteiger partial charge < -0.3 is 9.47 Å². The number of aromatic nitrogens is 5. The van der Waals surface area contributed by atoms with E-state index in [1.54, 1.807) is 6.07 Å². The molecule has 2 aromatic heterocycles. The first-order valence-electron chi connectivity index (χ1n) is 11.0. The van der Waals surface area contributed by atoms with Crippen molar-refractivity contribution in [1.82, 2.24) is 25.0 Å². The molecule has 1 aromatic carbocycles. The summed E-state index contributed by atoms with van der Waals surface area (Å²) in [5, 5.41) is 18.0. The van der Waals surface area contributed by atoms with E-state index in [-0.39, 0.29) is 5.82 Å². The van der Waals surface area contributed by atoms with Crippen LogP contribution in [0, 0.1) is 12.7 Å². The van der Waals surface area contributed by atoms with E-state index >= 15 is 0 Å². The van der Waals surface area contributed by atoms with E-state index in [4.69, 9.17) is 0 Å². The van der Waals surface area contributed by atoms with E-state index in [0.717, 1.165) is 67.5 Å². The van der Waals surface area contributed by atoms with Gasteiger partial charge in [0.2, 0.25) is 0 Å². The molecule has 0 N–H and O–H groups in total. The molecule has 6 nitrogen and oxygen atoms in total. The predicted octanol–water partition coefficient (Wildman–Crippen LogP) is 4.29. The fraction of sp³-hybridized carbons (Fsp3) is 0.478. The van der Waals surface area contributed by atoms with E-state index in [1.807, 2.05) is 12.1 Å². The van der Waals surface area contributed by atoms with Gasteiger partial charge in [0, 0.05) is 37.5 Å². The summed E-state index contributed by atoms with van der Waals surface area (Å²) in [6, 6.07) is 8.50. The van der Waals surface area contributed by atoms with Crippen LogP contribution in [0.3, 0.4) is 0 Å². The number of halogens is 1. The normalized spacial score (nSPS) is 19.4. The van der Waals surface area contributed by atoms with Gasteiger partial charge in [-0.3, -0.25) is 0 Å². The maximum absolute atomic E-state index is 13.6. The summed E-state index contributed by atoms with van der Waals surface area (Å²) in [5.41, 5.74) is 2.51. The summed E-state index contributed by atoms with van der Waals surface area (Å²) in [7, 11) is 0. The average molecular weight is 407 g/mol. The number of piperidine rings is 1. The summed E-state index contributed by atoms with van der Waals surface area (Å²) in [5.74, 6) is 3.30. The van der Waals surface area contributed by atoms with Gasteiger partial charge >= 0.3 is 0 Å². The number of nitrogens with zero attached hydrogens (tertiary/aromatic N) is 6.